The summed E-state index contributed by atoms with van der Waals surface area (Å²) in [5.74, 6) is -1.70. The number of nitrogens with one attached hydrogen (secondary N) is 1. The molecule has 0 aromatic heterocycles. The molecule has 4 heteroatoms. The largest absolute Gasteiger partial charge is 0.505 e. The molecule has 1 unspecified atom stereocenters. The summed E-state index contributed by atoms with van der Waals surface area (Å²) in [6, 6.07) is 2.86. The molecule has 1 aliphatic heterocycles. The van der Waals surface area contributed by atoms with Crippen LogP contribution in [0.1, 0.15) is 17.9 Å². The van der Waals surface area contributed by atoms with E-state index in [0.29, 0.717) is 5.56 Å². The minimum Gasteiger partial charge on any atom is -0.505 e. The molecule has 1 aliphatic rings. The highest BCUT2D eigenvalue weighted by Gasteiger charge is 2.22. The third-order valence-corrected chi connectivity index (χ3v) is 2.63. The van der Waals surface area contributed by atoms with Crippen LogP contribution >= 0.6 is 0 Å². The molecule has 14 heavy (non-hydrogen) atoms. The summed E-state index contributed by atoms with van der Waals surface area (Å²) in [5.41, 5.74) is 0.574. The van der Waals surface area contributed by atoms with Crippen LogP contribution in [0.5, 0.6) is 11.5 Å². The minimum atomic E-state index is -0.922. The average molecular weight is 197 g/mol. The second-order valence-electron chi connectivity index (χ2n) is 3.53. The Bertz CT molecular complexity index is 348. The molecule has 0 radical (unpaired) electrons. The van der Waals surface area contributed by atoms with Crippen LogP contribution in [0.25, 0.3) is 0 Å². The minimum absolute atomic E-state index is 0.144. The van der Waals surface area contributed by atoms with Gasteiger partial charge in [0.05, 0.1) is 0 Å². The van der Waals surface area contributed by atoms with Crippen molar-refractivity contribution in [1.29, 1.82) is 0 Å². The molecule has 0 amide bonds. The summed E-state index contributed by atoms with van der Waals surface area (Å²) < 4.78 is 13.1. The van der Waals surface area contributed by atoms with Crippen LogP contribution in [0.4, 0.5) is 4.39 Å². The highest BCUT2D eigenvalue weighted by atomic mass is 19.1. The molecule has 1 fully saturated rings. The Balaban J connectivity index is 2.38. The predicted molar refractivity (Wildman–Crippen MR) is 50.0 cm³/mol. The molecule has 0 saturated carbocycles. The van der Waals surface area contributed by atoms with Crippen LogP contribution < -0.4 is 5.32 Å². The zero-order valence-corrected chi connectivity index (χ0v) is 7.63. The summed E-state index contributed by atoms with van der Waals surface area (Å²) >= 11 is 0. The normalized spacial score (nSPS) is 21.4. The van der Waals surface area contributed by atoms with Crippen molar-refractivity contribution in [3.63, 3.8) is 0 Å². The third-order valence-electron chi connectivity index (χ3n) is 2.63. The van der Waals surface area contributed by atoms with Crippen molar-refractivity contribution in [2.24, 2.45) is 0 Å². The van der Waals surface area contributed by atoms with Crippen molar-refractivity contribution in [2.45, 2.75) is 12.3 Å². The van der Waals surface area contributed by atoms with Crippen molar-refractivity contribution in [1.82, 2.24) is 5.32 Å². The predicted octanol–water partition coefficient (Wildman–Crippen LogP) is 1.31. The third kappa shape index (κ3) is 1.42. The van der Waals surface area contributed by atoms with Gasteiger partial charge in [-0.1, -0.05) is 6.07 Å². The number of hydrogen-bond donors (Lipinski definition) is 3. The lowest BCUT2D eigenvalue weighted by Crippen LogP contribution is -2.08. The first-order chi connectivity index (χ1) is 6.70. The molecule has 3 nitrogen and oxygen atoms in total. The second kappa shape index (κ2) is 3.46. The molecule has 2 rings (SSSR count). The van der Waals surface area contributed by atoms with Crippen LogP contribution in [-0.2, 0) is 0 Å². The van der Waals surface area contributed by atoms with E-state index in [4.69, 9.17) is 5.11 Å². The molecule has 1 aromatic rings. The molecule has 76 valence electrons. The fourth-order valence-electron chi connectivity index (χ4n) is 1.82. The van der Waals surface area contributed by atoms with Crippen molar-refractivity contribution < 1.29 is 14.6 Å². The molecule has 1 atom stereocenters. The first-order valence-electron chi connectivity index (χ1n) is 4.61. The van der Waals surface area contributed by atoms with E-state index in [-0.39, 0.29) is 5.92 Å². The van der Waals surface area contributed by atoms with Gasteiger partial charge in [0.2, 0.25) is 5.82 Å². The maximum atomic E-state index is 13.1. The molecule has 3 N–H and O–H groups in total. The van der Waals surface area contributed by atoms with Gasteiger partial charge in [0.15, 0.2) is 11.5 Å². The van der Waals surface area contributed by atoms with Crippen LogP contribution in [0.2, 0.25) is 0 Å². The quantitative estimate of drug-likeness (QED) is 0.636. The van der Waals surface area contributed by atoms with Crippen molar-refractivity contribution >= 4 is 0 Å². The number of phenolic OH excluding ortho intramolecular Hbond substituents is 2. The van der Waals surface area contributed by atoms with Gasteiger partial charge in [0.1, 0.15) is 0 Å². The van der Waals surface area contributed by atoms with Crippen LogP contribution in [0.3, 0.4) is 0 Å². The number of halogens is 1. The molecular formula is C10H12FNO2. The Morgan fingerprint density at radius 3 is 2.79 bits per heavy atom. The van der Waals surface area contributed by atoms with Crippen molar-refractivity contribution in [2.75, 3.05) is 13.1 Å². The average Bonchev–Trinajstić information content (AvgIpc) is 2.67. The van der Waals surface area contributed by atoms with Gasteiger partial charge in [-0.05, 0) is 19.0 Å². The zero-order valence-electron chi connectivity index (χ0n) is 7.63. The highest BCUT2D eigenvalue weighted by Crippen LogP contribution is 2.35. The van der Waals surface area contributed by atoms with E-state index < -0.39 is 17.3 Å². The Kier molecular flexibility index (Phi) is 2.29. The van der Waals surface area contributed by atoms with Gasteiger partial charge in [-0.2, -0.15) is 4.39 Å². The van der Waals surface area contributed by atoms with Gasteiger partial charge < -0.3 is 15.5 Å². The molecule has 1 heterocycles. The monoisotopic (exact) mass is 197 g/mol. The van der Waals surface area contributed by atoms with E-state index in [2.05, 4.69) is 5.32 Å². The summed E-state index contributed by atoms with van der Waals surface area (Å²) in [7, 11) is 0. The lowest BCUT2D eigenvalue weighted by atomic mass is 9.97. The van der Waals surface area contributed by atoms with Gasteiger partial charge in [0.25, 0.3) is 0 Å². The second-order valence-corrected chi connectivity index (χ2v) is 3.53. The molecule has 0 bridgehead atoms. The van der Waals surface area contributed by atoms with Crippen molar-refractivity contribution in [3.05, 3.63) is 23.5 Å². The summed E-state index contributed by atoms with van der Waals surface area (Å²) in [5, 5.41) is 21.6. The molecule has 0 aliphatic carbocycles. The molecule has 0 spiro atoms. The first kappa shape index (κ1) is 9.27. The highest BCUT2D eigenvalue weighted by molar-refractivity contribution is 5.43. The molecule has 1 saturated heterocycles. The number of benzene rings is 1. The van der Waals surface area contributed by atoms with E-state index in [1.54, 1.807) is 6.07 Å². The summed E-state index contributed by atoms with van der Waals surface area (Å²) in [6.07, 6.45) is 0.887. The fourth-order valence-corrected chi connectivity index (χ4v) is 1.82. The Labute approximate surface area is 81.2 Å². The van der Waals surface area contributed by atoms with Gasteiger partial charge in [-0.25, -0.2) is 0 Å². The number of rotatable bonds is 1. The summed E-state index contributed by atoms with van der Waals surface area (Å²) in [4.78, 5) is 0. The molecular weight excluding hydrogens is 185 g/mol. The Hall–Kier alpha value is -1.29. The number of phenols is 2. The van der Waals surface area contributed by atoms with Gasteiger partial charge in [0, 0.05) is 18.0 Å². The lowest BCUT2D eigenvalue weighted by molar-refractivity contribution is 0.383. The Morgan fingerprint density at radius 1 is 1.36 bits per heavy atom. The van der Waals surface area contributed by atoms with Crippen LogP contribution in [0, 0.1) is 5.82 Å². The maximum Gasteiger partial charge on any atom is 0.206 e. The van der Waals surface area contributed by atoms with Gasteiger partial charge >= 0.3 is 0 Å². The van der Waals surface area contributed by atoms with Crippen LogP contribution in [0.15, 0.2) is 12.1 Å². The van der Waals surface area contributed by atoms with Crippen molar-refractivity contribution in [3.8, 4) is 11.5 Å². The van der Waals surface area contributed by atoms with E-state index in [1.165, 1.54) is 6.07 Å². The number of hydrogen-bond acceptors (Lipinski definition) is 3. The Morgan fingerprint density at radius 2 is 2.14 bits per heavy atom. The zero-order chi connectivity index (χ0) is 10.1. The smallest absolute Gasteiger partial charge is 0.206 e. The van der Waals surface area contributed by atoms with E-state index in [0.717, 1.165) is 19.5 Å². The van der Waals surface area contributed by atoms with Gasteiger partial charge in [-0.3, -0.25) is 0 Å². The number of aromatic hydroxyl groups is 2. The molecule has 1 aromatic carbocycles. The fraction of sp³-hybridized carbons (Fsp3) is 0.400. The standard InChI is InChI=1S/C10H12FNO2/c11-9-8(13)2-1-7(10(9)14)6-3-4-12-5-6/h1-2,6,12-14H,3-5H2. The van der Waals surface area contributed by atoms with Gasteiger partial charge in [-0.15, -0.1) is 0 Å². The SMILES string of the molecule is Oc1ccc(C2CCNC2)c(O)c1F. The first-order valence-corrected chi connectivity index (χ1v) is 4.61. The lowest BCUT2D eigenvalue weighted by Gasteiger charge is -2.11. The maximum absolute atomic E-state index is 13.1. The topological polar surface area (TPSA) is 52.5 Å². The van der Waals surface area contributed by atoms with E-state index in [1.807, 2.05) is 0 Å². The van der Waals surface area contributed by atoms with E-state index >= 15 is 0 Å². The van der Waals surface area contributed by atoms with Crippen LogP contribution in [-0.4, -0.2) is 23.3 Å². The summed E-state index contributed by atoms with van der Waals surface area (Å²) in [6.45, 7) is 1.63. The van der Waals surface area contributed by atoms with E-state index in [9.17, 15) is 9.50 Å².